The fourth-order valence-electron chi connectivity index (χ4n) is 2.72. The number of hydrogen-bond donors (Lipinski definition) is 2. The van der Waals surface area contributed by atoms with Crippen LogP contribution in [0.15, 0.2) is 34.2 Å². The van der Waals surface area contributed by atoms with Gasteiger partial charge in [0, 0.05) is 11.3 Å². The Kier molecular flexibility index (Phi) is 5.72. The molecule has 1 aliphatic carbocycles. The monoisotopic (exact) mass is 373 g/mol. The summed E-state index contributed by atoms with van der Waals surface area (Å²) in [7, 11) is 0. The van der Waals surface area contributed by atoms with Crippen LogP contribution in [0.2, 0.25) is 0 Å². The summed E-state index contributed by atoms with van der Waals surface area (Å²) in [5.74, 6) is -0.490. The first-order chi connectivity index (χ1) is 12.6. The Labute approximate surface area is 154 Å². The molecule has 0 unspecified atom stereocenters. The van der Waals surface area contributed by atoms with Gasteiger partial charge in [-0.2, -0.15) is 0 Å². The zero-order valence-corrected chi connectivity index (χ0v) is 15.1. The third kappa shape index (κ3) is 4.32. The highest BCUT2D eigenvalue weighted by atomic mass is 32.2. The van der Waals surface area contributed by atoms with Crippen LogP contribution in [0.25, 0.3) is 0 Å². The van der Waals surface area contributed by atoms with Gasteiger partial charge >= 0.3 is 5.97 Å². The lowest BCUT2D eigenvalue weighted by Crippen LogP contribution is -2.17. The molecule has 26 heavy (non-hydrogen) atoms. The Morgan fingerprint density at radius 1 is 1.27 bits per heavy atom. The number of anilines is 1. The molecule has 1 amide bonds. The van der Waals surface area contributed by atoms with E-state index in [-0.39, 0.29) is 17.2 Å². The number of aromatic nitrogens is 2. The molecule has 0 spiro atoms. The van der Waals surface area contributed by atoms with Gasteiger partial charge in [-0.3, -0.25) is 9.59 Å². The van der Waals surface area contributed by atoms with Gasteiger partial charge in [-0.1, -0.05) is 11.8 Å². The first-order valence-electron chi connectivity index (χ1n) is 8.38. The quantitative estimate of drug-likeness (QED) is 0.457. The second kappa shape index (κ2) is 8.18. The van der Waals surface area contributed by atoms with Gasteiger partial charge in [0.1, 0.15) is 0 Å². The minimum Gasteiger partial charge on any atom is -0.462 e. The van der Waals surface area contributed by atoms with E-state index >= 15 is 0 Å². The van der Waals surface area contributed by atoms with Gasteiger partial charge in [-0.25, -0.2) is 9.78 Å². The number of thioether (sulfide) groups is 1. The largest absolute Gasteiger partial charge is 0.462 e. The van der Waals surface area contributed by atoms with Gasteiger partial charge in [-0.05, 0) is 50.5 Å². The average molecular weight is 373 g/mol. The van der Waals surface area contributed by atoms with E-state index in [2.05, 4.69) is 15.3 Å². The number of fused-ring (bicyclic) bond motifs is 1. The van der Waals surface area contributed by atoms with Crippen LogP contribution in [0, 0.1) is 0 Å². The molecule has 0 fully saturated rings. The zero-order chi connectivity index (χ0) is 18.5. The normalized spacial score (nSPS) is 12.5. The number of rotatable bonds is 6. The van der Waals surface area contributed by atoms with E-state index in [4.69, 9.17) is 4.74 Å². The molecule has 0 aliphatic heterocycles. The van der Waals surface area contributed by atoms with Crippen molar-refractivity contribution in [2.24, 2.45) is 0 Å². The van der Waals surface area contributed by atoms with Crippen molar-refractivity contribution in [3.63, 3.8) is 0 Å². The van der Waals surface area contributed by atoms with E-state index in [1.165, 1.54) is 11.8 Å². The minimum absolute atomic E-state index is 0.107. The van der Waals surface area contributed by atoms with E-state index in [0.717, 1.165) is 30.5 Å². The lowest BCUT2D eigenvalue weighted by atomic mass is 10.2. The molecule has 1 aromatic carbocycles. The van der Waals surface area contributed by atoms with E-state index in [1.807, 2.05) is 0 Å². The third-order valence-electron chi connectivity index (χ3n) is 3.94. The summed E-state index contributed by atoms with van der Waals surface area (Å²) >= 11 is 1.19. The number of nitrogens with zero attached hydrogens (tertiary/aromatic N) is 1. The summed E-state index contributed by atoms with van der Waals surface area (Å²) in [6.45, 7) is 2.06. The molecule has 0 saturated heterocycles. The number of esters is 1. The van der Waals surface area contributed by atoms with E-state index in [0.29, 0.717) is 23.0 Å². The topological polar surface area (TPSA) is 101 Å². The maximum atomic E-state index is 12.1. The predicted octanol–water partition coefficient (Wildman–Crippen LogP) is 2.17. The van der Waals surface area contributed by atoms with E-state index in [1.54, 1.807) is 31.2 Å². The highest BCUT2D eigenvalue weighted by Crippen LogP contribution is 2.20. The first kappa shape index (κ1) is 18.2. The second-order valence-electron chi connectivity index (χ2n) is 5.78. The number of benzene rings is 1. The fraction of sp³-hybridized carbons (Fsp3) is 0.333. The Morgan fingerprint density at radius 2 is 2.04 bits per heavy atom. The van der Waals surface area contributed by atoms with Crippen LogP contribution in [0.4, 0.5) is 5.69 Å². The summed E-state index contributed by atoms with van der Waals surface area (Å²) < 4.78 is 4.91. The standard InChI is InChI=1S/C18H19N3O4S/c1-2-25-17(24)11-6-8-12(9-7-11)19-15(22)10-26-18-20-14-5-3-4-13(14)16(23)21-18/h6-9H,2-5,10H2,1H3,(H,19,22)(H,20,21,23). The van der Waals surface area contributed by atoms with Gasteiger partial charge in [-0.15, -0.1) is 0 Å². The summed E-state index contributed by atoms with van der Waals surface area (Å²) in [6, 6.07) is 6.48. The summed E-state index contributed by atoms with van der Waals surface area (Å²) in [5, 5.41) is 3.21. The minimum atomic E-state index is -0.396. The Hall–Kier alpha value is -2.61. The number of H-pyrrole nitrogens is 1. The molecule has 8 heteroatoms. The van der Waals surface area contributed by atoms with Crippen molar-refractivity contribution in [2.75, 3.05) is 17.7 Å². The Balaban J connectivity index is 1.55. The van der Waals surface area contributed by atoms with Crippen LogP contribution in [0.3, 0.4) is 0 Å². The lowest BCUT2D eigenvalue weighted by molar-refractivity contribution is -0.113. The van der Waals surface area contributed by atoms with Gasteiger partial charge in [0.25, 0.3) is 5.56 Å². The highest BCUT2D eigenvalue weighted by Gasteiger charge is 2.17. The fourth-order valence-corrected chi connectivity index (χ4v) is 3.40. The number of aryl methyl sites for hydroxylation is 1. The maximum Gasteiger partial charge on any atom is 0.338 e. The van der Waals surface area contributed by atoms with Crippen LogP contribution < -0.4 is 10.9 Å². The zero-order valence-electron chi connectivity index (χ0n) is 14.3. The second-order valence-corrected chi connectivity index (χ2v) is 6.75. The molecule has 7 nitrogen and oxygen atoms in total. The molecule has 3 rings (SSSR count). The van der Waals surface area contributed by atoms with E-state index in [9.17, 15) is 14.4 Å². The molecule has 136 valence electrons. The number of carbonyl (C=O) groups excluding carboxylic acids is 2. The van der Waals surface area contributed by atoms with E-state index < -0.39 is 5.97 Å². The summed E-state index contributed by atoms with van der Waals surface area (Å²) in [6.07, 6.45) is 2.53. The average Bonchev–Trinajstić information content (AvgIpc) is 3.10. The van der Waals surface area contributed by atoms with Crippen LogP contribution in [-0.2, 0) is 22.4 Å². The van der Waals surface area contributed by atoms with Crippen molar-refractivity contribution >= 4 is 29.3 Å². The number of ether oxygens (including phenoxy) is 1. The SMILES string of the molecule is CCOC(=O)c1ccc(NC(=O)CSc2nc3c(c(=O)[nH]2)CCC3)cc1. The molecular weight excluding hydrogens is 354 g/mol. The lowest BCUT2D eigenvalue weighted by Gasteiger charge is -2.07. The van der Waals surface area contributed by atoms with Crippen LogP contribution in [0.1, 0.15) is 35.0 Å². The van der Waals surface area contributed by atoms with Crippen LogP contribution in [0.5, 0.6) is 0 Å². The highest BCUT2D eigenvalue weighted by molar-refractivity contribution is 7.99. The van der Waals surface area contributed by atoms with Crippen LogP contribution >= 0.6 is 11.8 Å². The molecule has 0 radical (unpaired) electrons. The number of amides is 1. The third-order valence-corrected chi connectivity index (χ3v) is 4.81. The number of carbonyl (C=O) groups is 2. The molecule has 1 heterocycles. The smallest absolute Gasteiger partial charge is 0.338 e. The maximum absolute atomic E-state index is 12.1. The van der Waals surface area contributed by atoms with Crippen molar-refractivity contribution in [2.45, 2.75) is 31.3 Å². The van der Waals surface area contributed by atoms with Crippen LogP contribution in [-0.4, -0.2) is 34.2 Å². The van der Waals surface area contributed by atoms with Gasteiger partial charge < -0.3 is 15.0 Å². The number of nitrogens with one attached hydrogen (secondary N) is 2. The molecular formula is C18H19N3O4S. The Morgan fingerprint density at radius 3 is 2.77 bits per heavy atom. The van der Waals surface area contributed by atoms with Crippen molar-refractivity contribution in [1.82, 2.24) is 9.97 Å². The van der Waals surface area contributed by atoms with Crippen molar-refractivity contribution in [3.8, 4) is 0 Å². The molecule has 2 aromatic rings. The molecule has 1 aromatic heterocycles. The van der Waals surface area contributed by atoms with Crippen molar-refractivity contribution in [1.29, 1.82) is 0 Å². The summed E-state index contributed by atoms with van der Waals surface area (Å²) in [4.78, 5) is 42.8. The number of hydrogen-bond acceptors (Lipinski definition) is 6. The van der Waals surface area contributed by atoms with Gasteiger partial charge in [0.15, 0.2) is 5.16 Å². The van der Waals surface area contributed by atoms with Crippen molar-refractivity contribution < 1.29 is 14.3 Å². The summed E-state index contributed by atoms with van der Waals surface area (Å²) in [5.41, 5.74) is 2.51. The molecule has 2 N–H and O–H groups in total. The molecule has 1 aliphatic rings. The van der Waals surface area contributed by atoms with Gasteiger partial charge in [0.2, 0.25) is 5.91 Å². The molecule has 0 saturated carbocycles. The molecule has 0 atom stereocenters. The number of aromatic amines is 1. The first-order valence-corrected chi connectivity index (χ1v) is 9.37. The molecule has 0 bridgehead atoms. The Bertz CT molecular complexity index is 877. The van der Waals surface area contributed by atoms with Gasteiger partial charge in [0.05, 0.1) is 23.6 Å². The van der Waals surface area contributed by atoms with Crippen molar-refractivity contribution in [3.05, 3.63) is 51.4 Å². The predicted molar refractivity (Wildman–Crippen MR) is 98.6 cm³/mol.